The van der Waals surface area contributed by atoms with E-state index < -0.39 is 0 Å². The van der Waals surface area contributed by atoms with E-state index in [4.69, 9.17) is 9.47 Å². The monoisotopic (exact) mass is 257 g/mol. The van der Waals surface area contributed by atoms with E-state index >= 15 is 0 Å². The first-order valence-electron chi connectivity index (χ1n) is 7.16. The molecule has 1 rings (SSSR count). The Morgan fingerprint density at radius 2 is 2.17 bits per heavy atom. The summed E-state index contributed by atoms with van der Waals surface area (Å²) in [5.74, 6) is 0.572. The van der Waals surface area contributed by atoms with E-state index in [-0.39, 0.29) is 12.0 Å². The maximum absolute atomic E-state index is 11.6. The third-order valence-corrected chi connectivity index (χ3v) is 3.73. The van der Waals surface area contributed by atoms with Crippen LogP contribution in [0.2, 0.25) is 0 Å². The van der Waals surface area contributed by atoms with Crippen molar-refractivity contribution in [3.63, 3.8) is 0 Å². The lowest BCUT2D eigenvalue weighted by atomic mass is 9.85. The number of esters is 1. The summed E-state index contributed by atoms with van der Waals surface area (Å²) in [6, 6.07) is -0.341. The van der Waals surface area contributed by atoms with Crippen molar-refractivity contribution in [3.8, 4) is 0 Å². The molecule has 4 heteroatoms. The number of nitrogens with one attached hydrogen (secondary N) is 1. The largest absolute Gasteiger partial charge is 0.465 e. The number of hydrogen-bond donors (Lipinski definition) is 1. The fraction of sp³-hybridized carbons (Fsp3) is 0.929. The second kappa shape index (κ2) is 8.48. The van der Waals surface area contributed by atoms with E-state index in [0.717, 1.165) is 18.8 Å². The van der Waals surface area contributed by atoms with E-state index in [1.807, 2.05) is 6.92 Å². The van der Waals surface area contributed by atoms with Gasteiger partial charge in [-0.3, -0.25) is 4.79 Å². The molecule has 0 saturated heterocycles. The average molecular weight is 257 g/mol. The Labute approximate surface area is 110 Å². The number of rotatable bonds is 7. The molecule has 1 fully saturated rings. The van der Waals surface area contributed by atoms with Crippen LogP contribution in [0, 0.1) is 5.92 Å². The minimum atomic E-state index is -0.341. The normalized spacial score (nSPS) is 25.7. The molecule has 1 saturated carbocycles. The molecular weight excluding hydrogens is 230 g/mol. The molecule has 0 heterocycles. The molecule has 0 bridgehead atoms. The zero-order chi connectivity index (χ0) is 13.4. The fourth-order valence-corrected chi connectivity index (χ4v) is 2.51. The van der Waals surface area contributed by atoms with Gasteiger partial charge in [-0.05, 0) is 32.7 Å². The summed E-state index contributed by atoms with van der Waals surface area (Å²) >= 11 is 0. The van der Waals surface area contributed by atoms with Crippen molar-refractivity contribution in [2.75, 3.05) is 20.3 Å². The van der Waals surface area contributed by atoms with Crippen LogP contribution in [0.25, 0.3) is 0 Å². The van der Waals surface area contributed by atoms with Crippen molar-refractivity contribution in [1.29, 1.82) is 0 Å². The third kappa shape index (κ3) is 4.94. The Morgan fingerprint density at radius 3 is 2.78 bits per heavy atom. The molecule has 0 aliphatic heterocycles. The van der Waals surface area contributed by atoms with Crippen LogP contribution in [0.1, 0.15) is 46.0 Å². The van der Waals surface area contributed by atoms with E-state index in [2.05, 4.69) is 12.2 Å². The summed E-state index contributed by atoms with van der Waals surface area (Å²) in [4.78, 5) is 11.6. The zero-order valence-corrected chi connectivity index (χ0v) is 11.9. The van der Waals surface area contributed by atoms with Gasteiger partial charge in [0, 0.05) is 0 Å². The molecule has 3 unspecified atom stereocenters. The van der Waals surface area contributed by atoms with E-state index in [0.29, 0.717) is 19.3 Å². The molecule has 0 radical (unpaired) electrons. The lowest BCUT2D eigenvalue weighted by Crippen LogP contribution is -2.41. The molecule has 0 spiro atoms. The molecule has 0 aromatic carbocycles. The Morgan fingerprint density at radius 1 is 1.39 bits per heavy atom. The van der Waals surface area contributed by atoms with Gasteiger partial charge in [0.1, 0.15) is 6.04 Å². The molecule has 18 heavy (non-hydrogen) atoms. The van der Waals surface area contributed by atoms with Crippen molar-refractivity contribution in [2.45, 2.75) is 58.1 Å². The van der Waals surface area contributed by atoms with Gasteiger partial charge in [0.2, 0.25) is 0 Å². The highest BCUT2D eigenvalue weighted by atomic mass is 16.5. The van der Waals surface area contributed by atoms with Gasteiger partial charge < -0.3 is 14.8 Å². The van der Waals surface area contributed by atoms with Gasteiger partial charge >= 0.3 is 5.97 Å². The highest BCUT2D eigenvalue weighted by Crippen LogP contribution is 2.28. The molecule has 0 aromatic heterocycles. The lowest BCUT2D eigenvalue weighted by molar-refractivity contribution is -0.148. The highest BCUT2D eigenvalue weighted by molar-refractivity contribution is 5.75. The molecule has 4 nitrogen and oxygen atoms in total. The fourth-order valence-electron chi connectivity index (χ4n) is 2.51. The second-order valence-electron chi connectivity index (χ2n) is 4.99. The first-order valence-corrected chi connectivity index (χ1v) is 7.16. The second-order valence-corrected chi connectivity index (χ2v) is 4.99. The third-order valence-electron chi connectivity index (χ3n) is 3.73. The predicted molar refractivity (Wildman–Crippen MR) is 71.5 cm³/mol. The minimum absolute atomic E-state index is 0.220. The van der Waals surface area contributed by atoms with Gasteiger partial charge in [-0.2, -0.15) is 0 Å². The Hall–Kier alpha value is -0.610. The van der Waals surface area contributed by atoms with Crippen molar-refractivity contribution in [3.05, 3.63) is 0 Å². The molecule has 1 aliphatic rings. The average Bonchev–Trinajstić information content (AvgIpc) is 2.40. The smallest absolute Gasteiger partial charge is 0.325 e. The number of carbonyl (C=O) groups is 1. The van der Waals surface area contributed by atoms with Crippen LogP contribution in [0.5, 0.6) is 0 Å². The molecule has 0 aromatic rings. The van der Waals surface area contributed by atoms with Gasteiger partial charge in [-0.25, -0.2) is 0 Å². The molecule has 1 aliphatic carbocycles. The topological polar surface area (TPSA) is 47.6 Å². The molecule has 106 valence electrons. The summed E-state index contributed by atoms with van der Waals surface area (Å²) in [5, 5.41) is 2.95. The van der Waals surface area contributed by atoms with Crippen LogP contribution in [0.4, 0.5) is 0 Å². The van der Waals surface area contributed by atoms with Crippen molar-refractivity contribution in [1.82, 2.24) is 5.32 Å². The van der Waals surface area contributed by atoms with Gasteiger partial charge in [-0.15, -0.1) is 0 Å². The van der Waals surface area contributed by atoms with Gasteiger partial charge in [0.15, 0.2) is 0 Å². The maximum Gasteiger partial charge on any atom is 0.325 e. The van der Waals surface area contributed by atoms with Crippen LogP contribution in [0.15, 0.2) is 0 Å². The number of ether oxygens (including phenoxy) is 2. The summed E-state index contributed by atoms with van der Waals surface area (Å²) in [5.41, 5.74) is 0. The first-order chi connectivity index (χ1) is 8.71. The Bertz CT molecular complexity index is 245. The van der Waals surface area contributed by atoms with Gasteiger partial charge in [0.05, 0.1) is 19.3 Å². The summed E-state index contributed by atoms with van der Waals surface area (Å²) in [7, 11) is 1.76. The molecule has 1 N–H and O–H groups in total. The van der Waals surface area contributed by atoms with Gasteiger partial charge in [0.25, 0.3) is 0 Å². The first kappa shape index (κ1) is 15.4. The van der Waals surface area contributed by atoms with Gasteiger partial charge in [-0.1, -0.05) is 26.2 Å². The van der Waals surface area contributed by atoms with Crippen LogP contribution in [0.3, 0.4) is 0 Å². The van der Waals surface area contributed by atoms with Crippen molar-refractivity contribution >= 4 is 5.97 Å². The molecule has 0 amide bonds. The number of likely N-dealkylation sites (N-methyl/N-ethyl adjacent to an activating group) is 1. The van der Waals surface area contributed by atoms with Crippen molar-refractivity contribution in [2.24, 2.45) is 5.92 Å². The zero-order valence-electron chi connectivity index (χ0n) is 11.9. The molecule has 3 atom stereocenters. The van der Waals surface area contributed by atoms with Crippen LogP contribution >= 0.6 is 0 Å². The minimum Gasteiger partial charge on any atom is -0.465 e. The van der Waals surface area contributed by atoms with E-state index in [1.54, 1.807) is 7.05 Å². The van der Waals surface area contributed by atoms with E-state index in [9.17, 15) is 4.79 Å². The quantitative estimate of drug-likeness (QED) is 0.710. The Kier molecular flexibility index (Phi) is 7.28. The number of hydrogen-bond acceptors (Lipinski definition) is 4. The maximum atomic E-state index is 11.6. The summed E-state index contributed by atoms with van der Waals surface area (Å²) in [6.45, 7) is 4.88. The summed E-state index contributed by atoms with van der Waals surface area (Å²) < 4.78 is 10.9. The highest BCUT2D eigenvalue weighted by Gasteiger charge is 2.24. The predicted octanol–water partition coefficient (Wildman–Crippen LogP) is 2.12. The number of carbonyl (C=O) groups excluding carboxylic acids is 1. The van der Waals surface area contributed by atoms with E-state index in [1.165, 1.54) is 19.3 Å². The summed E-state index contributed by atoms with van der Waals surface area (Å²) in [6.07, 6.45) is 6.36. The molecular formula is C14H27NO3. The van der Waals surface area contributed by atoms with Crippen LogP contribution in [-0.2, 0) is 14.3 Å². The van der Waals surface area contributed by atoms with Crippen LogP contribution < -0.4 is 5.32 Å². The SMILES string of the molecule is CCOC(=O)C(COC1CCCC(CC)C1)NC. The Balaban J connectivity index is 2.31. The lowest BCUT2D eigenvalue weighted by Gasteiger charge is -2.29. The van der Waals surface area contributed by atoms with Crippen molar-refractivity contribution < 1.29 is 14.3 Å². The van der Waals surface area contributed by atoms with Crippen LogP contribution in [-0.4, -0.2) is 38.4 Å². The standard InChI is InChI=1S/C14H27NO3/c1-4-11-7-6-8-12(9-11)18-10-13(15-3)14(16)17-5-2/h11-13,15H,4-10H2,1-3H3.